The van der Waals surface area contributed by atoms with Crippen molar-refractivity contribution in [3.05, 3.63) is 89.7 Å². The summed E-state index contributed by atoms with van der Waals surface area (Å²) in [6.07, 6.45) is -0.637. The van der Waals surface area contributed by atoms with Crippen LogP contribution in [-0.2, 0) is 17.7 Å². The maximum atomic E-state index is 13.2. The molecule has 3 aromatic carbocycles. The van der Waals surface area contributed by atoms with E-state index in [9.17, 15) is 9.18 Å². The molecule has 1 unspecified atom stereocenters. The lowest BCUT2D eigenvalue weighted by atomic mass is 10.0. The van der Waals surface area contributed by atoms with E-state index in [2.05, 4.69) is 0 Å². The first kappa shape index (κ1) is 18.0. The van der Waals surface area contributed by atoms with Crippen molar-refractivity contribution < 1.29 is 18.7 Å². The molecule has 0 N–H and O–H groups in total. The molecule has 3 aromatic rings. The van der Waals surface area contributed by atoms with Gasteiger partial charge < -0.3 is 14.4 Å². The molecular weight excluding hydrogens is 357 g/mol. The second-order valence-electron chi connectivity index (χ2n) is 6.78. The van der Waals surface area contributed by atoms with E-state index in [4.69, 9.17) is 9.47 Å². The third-order valence-corrected chi connectivity index (χ3v) is 4.69. The Bertz CT molecular complexity index is 973. The van der Waals surface area contributed by atoms with E-state index >= 15 is 0 Å². The molecule has 1 amide bonds. The molecule has 0 spiro atoms. The third-order valence-electron chi connectivity index (χ3n) is 4.69. The molecule has 4 nitrogen and oxygen atoms in total. The molecule has 4 rings (SSSR count). The number of amides is 1. The van der Waals surface area contributed by atoms with Gasteiger partial charge in [-0.05, 0) is 23.3 Å². The Balaban J connectivity index is 1.44. The smallest absolute Gasteiger partial charge is 0.412 e. The standard InChI is InChI=1S/C23H20FNO3/c1-25(15-16-6-3-2-4-7-16)23(26)28-21-14-18-8-5-9-20(22(18)27-21)17-10-12-19(24)13-11-17/h2-13,21H,14-15H2,1H3. The number of carbonyl (C=O) groups excluding carboxylic acids is 1. The van der Waals surface area contributed by atoms with Crippen molar-refractivity contribution in [2.45, 2.75) is 19.3 Å². The van der Waals surface area contributed by atoms with Gasteiger partial charge >= 0.3 is 6.09 Å². The number of hydrogen-bond donors (Lipinski definition) is 0. The molecule has 1 aliphatic rings. The van der Waals surface area contributed by atoms with Crippen LogP contribution in [0.4, 0.5) is 9.18 Å². The van der Waals surface area contributed by atoms with Gasteiger partial charge in [-0.15, -0.1) is 0 Å². The fourth-order valence-corrected chi connectivity index (χ4v) is 3.28. The second-order valence-corrected chi connectivity index (χ2v) is 6.78. The van der Waals surface area contributed by atoms with Crippen LogP contribution in [0.3, 0.4) is 0 Å². The quantitative estimate of drug-likeness (QED) is 0.641. The average molecular weight is 377 g/mol. The lowest BCUT2D eigenvalue weighted by Crippen LogP contribution is -2.32. The Hall–Kier alpha value is -3.34. The van der Waals surface area contributed by atoms with Crippen molar-refractivity contribution in [3.8, 4) is 16.9 Å². The number of rotatable bonds is 4. The maximum Gasteiger partial charge on any atom is 0.412 e. The first-order valence-corrected chi connectivity index (χ1v) is 9.10. The molecule has 1 atom stereocenters. The minimum absolute atomic E-state index is 0.287. The molecule has 0 saturated carbocycles. The van der Waals surface area contributed by atoms with Gasteiger partial charge in [-0.25, -0.2) is 9.18 Å². The van der Waals surface area contributed by atoms with Crippen LogP contribution in [0.1, 0.15) is 11.1 Å². The van der Waals surface area contributed by atoms with E-state index in [1.165, 1.54) is 17.0 Å². The van der Waals surface area contributed by atoms with Crippen molar-refractivity contribution in [3.63, 3.8) is 0 Å². The van der Waals surface area contributed by atoms with Crippen LogP contribution in [0.5, 0.6) is 5.75 Å². The Morgan fingerprint density at radius 2 is 1.82 bits per heavy atom. The van der Waals surface area contributed by atoms with Crippen LogP contribution in [0.15, 0.2) is 72.8 Å². The van der Waals surface area contributed by atoms with Crippen LogP contribution < -0.4 is 4.74 Å². The van der Waals surface area contributed by atoms with Crippen molar-refractivity contribution >= 4 is 6.09 Å². The van der Waals surface area contributed by atoms with E-state index in [1.54, 1.807) is 19.2 Å². The Labute approximate surface area is 163 Å². The lowest BCUT2D eigenvalue weighted by Gasteiger charge is -2.20. The zero-order valence-electron chi connectivity index (χ0n) is 15.5. The Morgan fingerprint density at radius 3 is 2.57 bits per heavy atom. The van der Waals surface area contributed by atoms with Gasteiger partial charge in [0.15, 0.2) is 0 Å². The van der Waals surface area contributed by atoms with Crippen LogP contribution >= 0.6 is 0 Å². The number of fused-ring (bicyclic) bond motifs is 1. The highest BCUT2D eigenvalue weighted by Crippen LogP contribution is 2.39. The number of hydrogen-bond acceptors (Lipinski definition) is 3. The number of benzene rings is 3. The van der Waals surface area contributed by atoms with Crippen molar-refractivity contribution in [2.24, 2.45) is 0 Å². The van der Waals surface area contributed by atoms with Gasteiger partial charge in [-0.1, -0.05) is 60.7 Å². The van der Waals surface area contributed by atoms with Gasteiger partial charge in [-0.3, -0.25) is 0 Å². The predicted molar refractivity (Wildman–Crippen MR) is 104 cm³/mol. The highest BCUT2D eigenvalue weighted by atomic mass is 19.1. The zero-order chi connectivity index (χ0) is 19.5. The highest BCUT2D eigenvalue weighted by Gasteiger charge is 2.29. The van der Waals surface area contributed by atoms with Crippen LogP contribution in [-0.4, -0.2) is 24.3 Å². The largest absolute Gasteiger partial charge is 0.453 e. The molecule has 0 aromatic heterocycles. The molecule has 0 bridgehead atoms. The summed E-state index contributed by atoms with van der Waals surface area (Å²) in [6.45, 7) is 0.459. The van der Waals surface area contributed by atoms with E-state index in [0.29, 0.717) is 18.7 Å². The molecule has 0 radical (unpaired) electrons. The van der Waals surface area contributed by atoms with Crippen molar-refractivity contribution in [1.82, 2.24) is 4.90 Å². The van der Waals surface area contributed by atoms with E-state index in [0.717, 1.165) is 22.3 Å². The van der Waals surface area contributed by atoms with Gasteiger partial charge in [0.05, 0.1) is 6.42 Å². The first-order valence-electron chi connectivity index (χ1n) is 9.10. The van der Waals surface area contributed by atoms with Gasteiger partial charge in [0, 0.05) is 24.7 Å². The van der Waals surface area contributed by atoms with Crippen molar-refractivity contribution in [1.29, 1.82) is 0 Å². The fraction of sp³-hybridized carbons (Fsp3) is 0.174. The Morgan fingerprint density at radius 1 is 1.07 bits per heavy atom. The molecule has 1 heterocycles. The molecule has 0 fully saturated rings. The number of nitrogens with zero attached hydrogens (tertiary/aromatic N) is 1. The maximum absolute atomic E-state index is 13.2. The van der Waals surface area contributed by atoms with E-state index in [-0.39, 0.29) is 5.82 Å². The minimum atomic E-state index is -0.678. The average Bonchev–Trinajstić information content (AvgIpc) is 3.12. The topological polar surface area (TPSA) is 38.8 Å². The van der Waals surface area contributed by atoms with Crippen molar-refractivity contribution in [2.75, 3.05) is 7.05 Å². The number of halogens is 1. The molecule has 142 valence electrons. The van der Waals surface area contributed by atoms with Crippen LogP contribution in [0, 0.1) is 5.82 Å². The Kier molecular flexibility index (Phi) is 4.98. The van der Waals surface area contributed by atoms with E-state index in [1.807, 2.05) is 48.5 Å². The summed E-state index contributed by atoms with van der Waals surface area (Å²) >= 11 is 0. The summed E-state index contributed by atoms with van der Waals surface area (Å²) < 4.78 is 24.7. The number of carbonyl (C=O) groups is 1. The summed E-state index contributed by atoms with van der Waals surface area (Å²) in [5, 5.41) is 0. The molecule has 0 aliphatic carbocycles. The SMILES string of the molecule is CN(Cc1ccccc1)C(=O)OC1Cc2cccc(-c3ccc(F)cc3)c2O1. The third kappa shape index (κ3) is 3.83. The molecule has 0 saturated heterocycles. The second kappa shape index (κ2) is 7.72. The molecular formula is C23H20FNO3. The first-order chi connectivity index (χ1) is 13.6. The summed E-state index contributed by atoms with van der Waals surface area (Å²) in [7, 11) is 1.70. The molecule has 28 heavy (non-hydrogen) atoms. The zero-order valence-corrected chi connectivity index (χ0v) is 15.5. The van der Waals surface area contributed by atoms with Gasteiger partial charge in [-0.2, -0.15) is 0 Å². The highest BCUT2D eigenvalue weighted by molar-refractivity contribution is 5.73. The fourth-order valence-electron chi connectivity index (χ4n) is 3.28. The molecule has 1 aliphatic heterocycles. The summed E-state index contributed by atoms with van der Waals surface area (Å²) in [4.78, 5) is 13.9. The van der Waals surface area contributed by atoms with E-state index < -0.39 is 12.4 Å². The monoisotopic (exact) mass is 377 g/mol. The summed E-state index contributed by atoms with van der Waals surface area (Å²) in [5.41, 5.74) is 3.70. The normalized spacial score (nSPS) is 14.9. The van der Waals surface area contributed by atoms with Crippen LogP contribution in [0.25, 0.3) is 11.1 Å². The number of para-hydroxylation sites is 1. The van der Waals surface area contributed by atoms with Gasteiger partial charge in [0.1, 0.15) is 11.6 Å². The van der Waals surface area contributed by atoms with Crippen LogP contribution in [0.2, 0.25) is 0 Å². The van der Waals surface area contributed by atoms with Gasteiger partial charge in [0.2, 0.25) is 6.29 Å². The van der Waals surface area contributed by atoms with Gasteiger partial charge in [0.25, 0.3) is 0 Å². The minimum Gasteiger partial charge on any atom is -0.453 e. The number of ether oxygens (including phenoxy) is 2. The summed E-state index contributed by atoms with van der Waals surface area (Å²) in [6, 6.07) is 21.8. The molecule has 5 heteroatoms. The lowest BCUT2D eigenvalue weighted by molar-refractivity contribution is -0.0301. The predicted octanol–water partition coefficient (Wildman–Crippen LogP) is 5.02. The summed E-state index contributed by atoms with van der Waals surface area (Å²) in [5.74, 6) is 0.392.